The van der Waals surface area contributed by atoms with Crippen molar-refractivity contribution in [2.75, 3.05) is 0 Å². The van der Waals surface area contributed by atoms with Crippen LogP contribution in [0.1, 0.15) is 39.2 Å². The molecule has 0 atom stereocenters. The number of hydrogen-bond donors (Lipinski definition) is 1. The van der Waals surface area contributed by atoms with E-state index in [0.29, 0.717) is 0 Å². The number of fused-ring (bicyclic) bond motifs is 1. The summed E-state index contributed by atoms with van der Waals surface area (Å²) in [6.07, 6.45) is 9.29. The first kappa shape index (κ1) is 10.6. The summed E-state index contributed by atoms with van der Waals surface area (Å²) in [5, 5.41) is 2.86. The third-order valence-electron chi connectivity index (χ3n) is 3.66. The zero-order valence-electron chi connectivity index (χ0n) is 9.85. The van der Waals surface area contributed by atoms with Crippen LogP contribution >= 0.6 is 0 Å². The van der Waals surface area contributed by atoms with E-state index < -0.39 is 0 Å². The highest BCUT2D eigenvalue weighted by molar-refractivity contribution is 5.36. The fraction of sp³-hybridized carbons (Fsp3) is 0.538. The van der Waals surface area contributed by atoms with Gasteiger partial charge >= 0.3 is 0 Å². The molecule has 2 heterocycles. The number of aromatic amines is 1. The first-order chi connectivity index (χ1) is 8.33. The molecule has 0 unspecified atom stereocenters. The molecule has 4 nitrogen and oxygen atoms in total. The topological polar surface area (TPSA) is 50.2 Å². The maximum atomic E-state index is 11.8. The van der Waals surface area contributed by atoms with Crippen LogP contribution in [0.25, 0.3) is 5.65 Å². The van der Waals surface area contributed by atoms with Crippen molar-refractivity contribution in [2.24, 2.45) is 5.92 Å². The first-order valence-electron chi connectivity index (χ1n) is 6.39. The van der Waals surface area contributed by atoms with Gasteiger partial charge in [-0.15, -0.1) is 0 Å². The molecule has 1 fully saturated rings. The van der Waals surface area contributed by atoms with Crippen LogP contribution in [0.4, 0.5) is 0 Å². The molecular formula is C13H19N3O. The molecule has 0 aliphatic heterocycles. The summed E-state index contributed by atoms with van der Waals surface area (Å²) >= 11 is 0. The molecule has 1 N–H and O–H groups in total. The van der Waals surface area contributed by atoms with E-state index in [4.69, 9.17) is 0 Å². The van der Waals surface area contributed by atoms with Crippen LogP contribution in [0.3, 0.4) is 0 Å². The zero-order valence-corrected chi connectivity index (χ0v) is 9.85. The van der Waals surface area contributed by atoms with Crippen LogP contribution in [0.15, 0.2) is 23.1 Å². The standard InChI is InChI=1S/C13H17N3O.H2/c17-13-9-11(8-10-4-2-1-3-5-10)15-12-6-7-14-16(12)13;/h6-7,9-10,14H,1-5,8H2;1H. The van der Waals surface area contributed by atoms with Crippen molar-refractivity contribution < 1.29 is 1.43 Å². The number of nitrogens with zero attached hydrogens (tertiary/aromatic N) is 2. The van der Waals surface area contributed by atoms with Crippen molar-refractivity contribution in [3.63, 3.8) is 0 Å². The molecule has 0 spiro atoms. The SMILES string of the molecule is O=c1cc(CC2CCCCC2)nc2cc[nH]n12.[HH]. The van der Waals surface area contributed by atoms with Gasteiger partial charge in [-0.3, -0.25) is 9.89 Å². The molecular weight excluding hydrogens is 214 g/mol. The number of nitrogens with one attached hydrogen (secondary N) is 1. The van der Waals surface area contributed by atoms with E-state index in [-0.39, 0.29) is 6.99 Å². The molecule has 17 heavy (non-hydrogen) atoms. The summed E-state index contributed by atoms with van der Waals surface area (Å²) in [4.78, 5) is 16.3. The lowest BCUT2D eigenvalue weighted by Gasteiger charge is -2.20. The molecule has 4 heteroatoms. The Balaban J connectivity index is 0.00000120. The molecule has 0 bridgehead atoms. The average Bonchev–Trinajstić information content (AvgIpc) is 2.79. The fourth-order valence-electron chi connectivity index (χ4n) is 2.77. The summed E-state index contributed by atoms with van der Waals surface area (Å²) in [7, 11) is 0. The summed E-state index contributed by atoms with van der Waals surface area (Å²) in [5.74, 6) is 0.719. The van der Waals surface area contributed by atoms with Crippen LogP contribution < -0.4 is 5.56 Å². The van der Waals surface area contributed by atoms with Crippen LogP contribution in [0.5, 0.6) is 0 Å². The molecule has 3 rings (SSSR count). The van der Waals surface area contributed by atoms with Crippen molar-refractivity contribution >= 4 is 5.65 Å². The third-order valence-corrected chi connectivity index (χ3v) is 3.66. The largest absolute Gasteiger partial charge is 0.297 e. The van der Waals surface area contributed by atoms with Gasteiger partial charge in [-0.2, -0.15) is 0 Å². The minimum Gasteiger partial charge on any atom is -0.297 e. The maximum Gasteiger partial charge on any atom is 0.272 e. The normalized spacial score (nSPS) is 17.6. The third kappa shape index (κ3) is 2.12. The van der Waals surface area contributed by atoms with E-state index in [2.05, 4.69) is 10.1 Å². The number of rotatable bonds is 2. The summed E-state index contributed by atoms with van der Waals surface area (Å²) in [6.45, 7) is 0. The van der Waals surface area contributed by atoms with Crippen molar-refractivity contribution in [3.05, 3.63) is 34.4 Å². The highest BCUT2D eigenvalue weighted by Crippen LogP contribution is 2.26. The zero-order chi connectivity index (χ0) is 11.7. The molecule has 92 valence electrons. The van der Waals surface area contributed by atoms with E-state index >= 15 is 0 Å². The van der Waals surface area contributed by atoms with Crippen molar-refractivity contribution in [2.45, 2.75) is 38.5 Å². The molecule has 1 aliphatic carbocycles. The molecule has 1 aliphatic rings. The van der Waals surface area contributed by atoms with Crippen molar-refractivity contribution in [3.8, 4) is 0 Å². The van der Waals surface area contributed by atoms with Gasteiger partial charge in [0.15, 0.2) is 5.65 Å². The second-order valence-electron chi connectivity index (χ2n) is 4.95. The van der Waals surface area contributed by atoms with Crippen LogP contribution in [-0.4, -0.2) is 14.6 Å². The van der Waals surface area contributed by atoms with E-state index in [9.17, 15) is 4.79 Å². The van der Waals surface area contributed by atoms with Gasteiger partial charge < -0.3 is 0 Å². The molecule has 0 saturated heterocycles. The number of H-pyrrole nitrogens is 1. The monoisotopic (exact) mass is 233 g/mol. The minimum absolute atomic E-state index is 0. The minimum atomic E-state index is -0.00851. The Morgan fingerprint density at radius 2 is 2.24 bits per heavy atom. The van der Waals surface area contributed by atoms with Crippen LogP contribution in [-0.2, 0) is 6.42 Å². The van der Waals surface area contributed by atoms with E-state index in [1.165, 1.54) is 36.6 Å². The Morgan fingerprint density at radius 3 is 3.06 bits per heavy atom. The van der Waals surface area contributed by atoms with Gasteiger partial charge in [0.05, 0.1) is 0 Å². The summed E-state index contributed by atoms with van der Waals surface area (Å²) < 4.78 is 1.48. The van der Waals surface area contributed by atoms with Gasteiger partial charge in [-0.05, 0) is 12.3 Å². The Bertz CT molecular complexity index is 569. The van der Waals surface area contributed by atoms with Gasteiger partial charge in [-0.1, -0.05) is 32.1 Å². The van der Waals surface area contributed by atoms with Crippen LogP contribution in [0.2, 0.25) is 0 Å². The second kappa shape index (κ2) is 4.35. The smallest absolute Gasteiger partial charge is 0.272 e. The van der Waals surface area contributed by atoms with Gasteiger partial charge in [0, 0.05) is 25.5 Å². The van der Waals surface area contributed by atoms with E-state index in [0.717, 1.165) is 23.7 Å². The highest BCUT2D eigenvalue weighted by Gasteiger charge is 2.15. The van der Waals surface area contributed by atoms with E-state index in [1.54, 1.807) is 12.3 Å². The predicted octanol–water partition coefficient (Wildman–Crippen LogP) is 2.39. The van der Waals surface area contributed by atoms with Crippen LogP contribution in [0, 0.1) is 5.92 Å². The molecule has 0 radical (unpaired) electrons. The van der Waals surface area contributed by atoms with Gasteiger partial charge in [0.1, 0.15) is 0 Å². The number of aromatic nitrogens is 3. The Morgan fingerprint density at radius 1 is 1.41 bits per heavy atom. The average molecular weight is 233 g/mol. The Hall–Kier alpha value is -1.58. The highest BCUT2D eigenvalue weighted by atomic mass is 16.1. The van der Waals surface area contributed by atoms with Gasteiger partial charge in [-0.25, -0.2) is 9.50 Å². The molecule has 2 aromatic heterocycles. The lowest BCUT2D eigenvalue weighted by atomic mass is 9.86. The Kier molecular flexibility index (Phi) is 2.71. The quantitative estimate of drug-likeness (QED) is 0.865. The summed E-state index contributed by atoms with van der Waals surface area (Å²) in [6, 6.07) is 3.50. The Labute approximate surface area is 101 Å². The fourth-order valence-corrected chi connectivity index (χ4v) is 2.77. The maximum absolute atomic E-state index is 11.8. The summed E-state index contributed by atoms with van der Waals surface area (Å²) in [5.41, 5.74) is 1.66. The second-order valence-corrected chi connectivity index (χ2v) is 4.95. The molecule has 1 saturated carbocycles. The molecule has 2 aromatic rings. The predicted molar refractivity (Wildman–Crippen MR) is 68.2 cm³/mol. The lowest BCUT2D eigenvalue weighted by molar-refractivity contribution is 0.354. The lowest BCUT2D eigenvalue weighted by Crippen LogP contribution is -2.17. The molecule has 0 aromatic carbocycles. The first-order valence-corrected chi connectivity index (χ1v) is 6.39. The van der Waals surface area contributed by atoms with Crippen molar-refractivity contribution in [1.29, 1.82) is 0 Å². The molecule has 0 amide bonds. The van der Waals surface area contributed by atoms with E-state index in [1.807, 2.05) is 6.07 Å². The van der Waals surface area contributed by atoms with Gasteiger partial charge in [0.25, 0.3) is 5.56 Å². The number of hydrogen-bond acceptors (Lipinski definition) is 2. The van der Waals surface area contributed by atoms with Gasteiger partial charge in [0.2, 0.25) is 0 Å². The van der Waals surface area contributed by atoms with Crippen molar-refractivity contribution in [1.82, 2.24) is 14.6 Å².